The minimum Gasteiger partial charge on any atom is -0.506 e. The number of imidazole rings is 1. The van der Waals surface area contributed by atoms with E-state index in [2.05, 4.69) is 46.9 Å². The fourth-order valence-electron chi connectivity index (χ4n) is 2.77. The zero-order chi connectivity index (χ0) is 21.8. The van der Waals surface area contributed by atoms with E-state index in [0.29, 0.717) is 21.0 Å². The summed E-state index contributed by atoms with van der Waals surface area (Å²) in [6, 6.07) is 20.7. The van der Waals surface area contributed by atoms with Crippen molar-refractivity contribution in [1.29, 1.82) is 0 Å². The van der Waals surface area contributed by atoms with Gasteiger partial charge in [0.2, 0.25) is 0 Å². The van der Waals surface area contributed by atoms with Gasteiger partial charge in [0.1, 0.15) is 5.75 Å². The maximum Gasteiger partial charge on any atom is 0.251 e. The van der Waals surface area contributed by atoms with Gasteiger partial charge in [-0.2, -0.15) is 5.10 Å². The van der Waals surface area contributed by atoms with Crippen LogP contribution in [-0.4, -0.2) is 27.2 Å². The summed E-state index contributed by atoms with van der Waals surface area (Å²) >= 11 is 12.7. The topological polar surface area (TPSA) is 62.8 Å². The van der Waals surface area contributed by atoms with Crippen LogP contribution in [0.25, 0.3) is 11.3 Å². The van der Waals surface area contributed by atoms with Gasteiger partial charge in [-0.25, -0.2) is 14.7 Å². The van der Waals surface area contributed by atoms with Gasteiger partial charge in [0.05, 0.1) is 22.6 Å². The Morgan fingerprint density at radius 3 is 2.45 bits per heavy atom. The van der Waals surface area contributed by atoms with E-state index in [4.69, 9.17) is 11.6 Å². The highest BCUT2D eigenvalue weighted by Crippen LogP contribution is 2.31. The monoisotopic (exact) mass is 556 g/mol. The number of aromatic nitrogens is 2. The third-order valence-electron chi connectivity index (χ3n) is 4.32. The third-order valence-corrected chi connectivity index (χ3v) is 5.63. The molecule has 0 aliphatic heterocycles. The lowest BCUT2D eigenvalue weighted by molar-refractivity contribution is 0.471. The molecule has 0 radical (unpaired) electrons. The second kappa shape index (κ2) is 9.60. The van der Waals surface area contributed by atoms with E-state index in [1.807, 2.05) is 48.7 Å². The van der Waals surface area contributed by atoms with Crippen molar-refractivity contribution in [2.24, 2.45) is 10.1 Å². The van der Waals surface area contributed by atoms with E-state index in [-0.39, 0.29) is 5.75 Å². The maximum absolute atomic E-state index is 10.3. The Morgan fingerprint density at radius 1 is 0.968 bits per heavy atom. The number of hydrogen-bond donors (Lipinski definition) is 1. The number of rotatable bonds is 5. The molecule has 0 amide bonds. The highest BCUT2D eigenvalue weighted by atomic mass is 79.9. The molecule has 1 heterocycles. The van der Waals surface area contributed by atoms with E-state index >= 15 is 0 Å². The SMILES string of the molecule is Oc1c(Br)cc(Br)cc1C=Nc1nc(-c2ccccc2)cn1N=Cc1ccc(Cl)cc1. The fraction of sp³-hybridized carbons (Fsp3) is 0. The number of hydrogen-bond acceptors (Lipinski definition) is 4. The lowest BCUT2D eigenvalue weighted by atomic mass is 10.2. The van der Waals surface area contributed by atoms with Gasteiger partial charge in [-0.1, -0.05) is 70.0 Å². The van der Waals surface area contributed by atoms with Crippen molar-refractivity contribution in [2.75, 3.05) is 0 Å². The van der Waals surface area contributed by atoms with Crippen LogP contribution in [0.5, 0.6) is 5.75 Å². The Balaban J connectivity index is 1.73. The summed E-state index contributed by atoms with van der Waals surface area (Å²) in [4.78, 5) is 9.10. The molecule has 1 N–H and O–H groups in total. The van der Waals surface area contributed by atoms with Gasteiger partial charge in [0.25, 0.3) is 5.95 Å². The van der Waals surface area contributed by atoms with Gasteiger partial charge in [0.15, 0.2) is 0 Å². The summed E-state index contributed by atoms with van der Waals surface area (Å²) in [7, 11) is 0. The molecular weight excluding hydrogens is 544 g/mol. The summed E-state index contributed by atoms with van der Waals surface area (Å²) in [6.07, 6.45) is 5.07. The van der Waals surface area contributed by atoms with Crippen LogP contribution in [-0.2, 0) is 0 Å². The number of aliphatic imine (C=N–C) groups is 1. The molecular formula is C23H15Br2ClN4O. The fourth-order valence-corrected chi connectivity index (χ4v) is 4.16. The molecule has 0 atom stereocenters. The maximum atomic E-state index is 10.3. The number of benzene rings is 3. The zero-order valence-corrected chi connectivity index (χ0v) is 19.9. The standard InChI is InChI=1S/C23H15Br2ClN4O/c24-18-10-17(22(31)20(25)11-18)13-27-23-29-21(16-4-2-1-3-5-16)14-30(23)28-12-15-6-8-19(26)9-7-15/h1-14,31H. The van der Waals surface area contributed by atoms with Gasteiger partial charge >= 0.3 is 0 Å². The molecule has 154 valence electrons. The van der Waals surface area contributed by atoms with Crippen LogP contribution in [0.15, 0.2) is 92.0 Å². The molecule has 4 aromatic rings. The Morgan fingerprint density at radius 2 is 1.71 bits per heavy atom. The van der Waals surface area contributed by atoms with Crippen molar-refractivity contribution >= 4 is 61.8 Å². The largest absolute Gasteiger partial charge is 0.506 e. The smallest absolute Gasteiger partial charge is 0.251 e. The average molecular weight is 559 g/mol. The normalized spacial score (nSPS) is 11.6. The molecule has 4 rings (SSSR count). The van der Waals surface area contributed by atoms with Gasteiger partial charge < -0.3 is 5.11 Å². The molecule has 0 saturated heterocycles. The first-order chi connectivity index (χ1) is 15.0. The first kappa shape index (κ1) is 21.5. The van der Waals surface area contributed by atoms with Crippen LogP contribution in [0.2, 0.25) is 5.02 Å². The first-order valence-electron chi connectivity index (χ1n) is 9.16. The summed E-state index contributed by atoms with van der Waals surface area (Å²) < 4.78 is 2.97. The van der Waals surface area contributed by atoms with Crippen LogP contribution >= 0.6 is 43.5 Å². The van der Waals surface area contributed by atoms with E-state index in [1.165, 1.54) is 0 Å². The molecule has 0 saturated carbocycles. The summed E-state index contributed by atoms with van der Waals surface area (Å²) in [5.74, 6) is 0.470. The van der Waals surface area contributed by atoms with Crippen molar-refractivity contribution < 1.29 is 5.11 Å². The third kappa shape index (κ3) is 5.31. The van der Waals surface area contributed by atoms with E-state index in [0.717, 1.165) is 21.3 Å². The second-order valence-electron chi connectivity index (χ2n) is 6.52. The van der Waals surface area contributed by atoms with Crippen LogP contribution in [0.3, 0.4) is 0 Å². The van der Waals surface area contributed by atoms with E-state index < -0.39 is 0 Å². The highest BCUT2D eigenvalue weighted by Gasteiger charge is 2.10. The highest BCUT2D eigenvalue weighted by molar-refractivity contribution is 9.11. The number of phenols is 1. The summed E-state index contributed by atoms with van der Waals surface area (Å²) in [5.41, 5.74) is 3.12. The Labute approximate surface area is 201 Å². The average Bonchev–Trinajstić information content (AvgIpc) is 3.18. The minimum atomic E-state index is 0.0954. The van der Waals surface area contributed by atoms with Crippen molar-refractivity contribution in [3.05, 3.63) is 98.0 Å². The predicted molar refractivity (Wildman–Crippen MR) is 133 cm³/mol. The lowest BCUT2D eigenvalue weighted by Gasteiger charge is -2.02. The van der Waals surface area contributed by atoms with E-state index in [9.17, 15) is 5.11 Å². The van der Waals surface area contributed by atoms with Crippen LogP contribution in [0.1, 0.15) is 11.1 Å². The molecule has 0 spiro atoms. The molecule has 0 aliphatic rings. The van der Waals surface area contributed by atoms with Crippen molar-refractivity contribution in [2.45, 2.75) is 0 Å². The van der Waals surface area contributed by atoms with E-state index in [1.54, 1.807) is 41.4 Å². The van der Waals surface area contributed by atoms with Gasteiger partial charge in [-0.05, 0) is 45.8 Å². The van der Waals surface area contributed by atoms with Gasteiger partial charge in [-0.15, -0.1) is 0 Å². The van der Waals surface area contributed by atoms with Gasteiger partial charge in [0, 0.05) is 26.8 Å². The number of nitrogens with zero attached hydrogens (tertiary/aromatic N) is 4. The molecule has 8 heteroatoms. The number of phenolic OH excluding ortho intramolecular Hbond substituents is 1. The molecule has 0 bridgehead atoms. The minimum absolute atomic E-state index is 0.0954. The Bertz CT molecular complexity index is 1270. The number of halogens is 3. The number of aromatic hydroxyl groups is 1. The lowest BCUT2D eigenvalue weighted by Crippen LogP contribution is -1.90. The van der Waals surface area contributed by atoms with Crippen molar-refractivity contribution in [3.63, 3.8) is 0 Å². The zero-order valence-electron chi connectivity index (χ0n) is 16.0. The molecule has 0 fully saturated rings. The van der Waals surface area contributed by atoms with Crippen LogP contribution in [0.4, 0.5) is 5.95 Å². The molecule has 3 aromatic carbocycles. The summed E-state index contributed by atoms with van der Waals surface area (Å²) in [6.45, 7) is 0. The van der Waals surface area contributed by atoms with Crippen molar-refractivity contribution in [3.8, 4) is 17.0 Å². The molecule has 0 unspecified atom stereocenters. The molecule has 31 heavy (non-hydrogen) atoms. The Hall–Kier alpha value is -2.74. The van der Waals surface area contributed by atoms with Crippen LogP contribution in [0, 0.1) is 0 Å². The molecule has 1 aromatic heterocycles. The predicted octanol–water partition coefficient (Wildman–Crippen LogP) is 7.07. The van der Waals surface area contributed by atoms with Crippen molar-refractivity contribution in [1.82, 2.24) is 9.66 Å². The van der Waals surface area contributed by atoms with Crippen LogP contribution < -0.4 is 0 Å². The quantitative estimate of drug-likeness (QED) is 0.267. The Kier molecular flexibility index (Phi) is 6.65. The summed E-state index contributed by atoms with van der Waals surface area (Å²) in [5, 5.41) is 15.5. The second-order valence-corrected chi connectivity index (χ2v) is 8.72. The molecule has 5 nitrogen and oxygen atoms in total. The van der Waals surface area contributed by atoms with Gasteiger partial charge in [-0.3, -0.25) is 0 Å². The first-order valence-corrected chi connectivity index (χ1v) is 11.1. The molecule has 0 aliphatic carbocycles.